The molecule has 0 aliphatic rings. The van der Waals surface area contributed by atoms with Crippen LogP contribution in [0.5, 0.6) is 0 Å². The number of rotatable bonds is 4. The first kappa shape index (κ1) is 14.4. The minimum atomic E-state index is -0.166. The SMILES string of the molecule is Cc1ccc(-c2cnc(Nc3cnc(/C(N)=N/O)nc3)o2)nc1. The summed E-state index contributed by atoms with van der Waals surface area (Å²) in [5, 5.41) is 14.3. The number of nitrogens with zero attached hydrogens (tertiary/aromatic N) is 5. The normalized spacial score (nSPS) is 11.4. The van der Waals surface area contributed by atoms with Crippen LogP contribution in [0, 0.1) is 6.92 Å². The van der Waals surface area contributed by atoms with Gasteiger partial charge in [0, 0.05) is 6.20 Å². The lowest BCUT2D eigenvalue weighted by atomic mass is 10.2. The van der Waals surface area contributed by atoms with Crippen LogP contribution in [0.25, 0.3) is 11.5 Å². The quantitative estimate of drug-likeness (QED) is 0.286. The number of pyridine rings is 1. The standard InChI is InChI=1S/C14H13N7O2/c1-8-2-3-10(16-4-8)11-7-19-14(23-11)20-9-5-17-13(18-6-9)12(15)21-22/h2-7,22H,1H3,(H2,15,21)(H,19,20). The van der Waals surface area contributed by atoms with Crippen LogP contribution >= 0.6 is 0 Å². The molecule has 3 aromatic heterocycles. The average molecular weight is 311 g/mol. The number of nitrogens with two attached hydrogens (primary N) is 1. The predicted octanol–water partition coefficient (Wildman–Crippen LogP) is 1.67. The fourth-order valence-electron chi connectivity index (χ4n) is 1.76. The number of amidine groups is 1. The maximum absolute atomic E-state index is 8.56. The summed E-state index contributed by atoms with van der Waals surface area (Å²) < 4.78 is 5.58. The molecule has 0 aliphatic heterocycles. The first-order valence-electron chi connectivity index (χ1n) is 6.61. The van der Waals surface area contributed by atoms with E-state index in [0.29, 0.717) is 17.1 Å². The maximum Gasteiger partial charge on any atom is 0.299 e. The third-order valence-electron chi connectivity index (χ3n) is 2.91. The van der Waals surface area contributed by atoms with E-state index >= 15 is 0 Å². The number of oxazole rings is 1. The Hall–Kier alpha value is -3.49. The van der Waals surface area contributed by atoms with Crippen molar-refractivity contribution in [2.24, 2.45) is 10.9 Å². The smallest absolute Gasteiger partial charge is 0.299 e. The van der Waals surface area contributed by atoms with E-state index in [1.165, 1.54) is 12.4 Å². The predicted molar refractivity (Wildman–Crippen MR) is 82.3 cm³/mol. The van der Waals surface area contributed by atoms with Crippen molar-refractivity contribution in [2.75, 3.05) is 5.32 Å². The molecule has 3 rings (SSSR count). The lowest BCUT2D eigenvalue weighted by Gasteiger charge is -2.02. The Morgan fingerprint density at radius 2 is 1.91 bits per heavy atom. The van der Waals surface area contributed by atoms with Crippen molar-refractivity contribution < 1.29 is 9.62 Å². The topological polar surface area (TPSA) is 135 Å². The molecule has 4 N–H and O–H groups in total. The number of nitrogens with one attached hydrogen (secondary N) is 1. The first-order valence-corrected chi connectivity index (χ1v) is 6.61. The van der Waals surface area contributed by atoms with Crippen LogP contribution in [0.15, 0.2) is 46.5 Å². The van der Waals surface area contributed by atoms with Crippen molar-refractivity contribution in [3.63, 3.8) is 0 Å². The van der Waals surface area contributed by atoms with E-state index in [2.05, 4.69) is 30.4 Å². The second-order valence-corrected chi connectivity index (χ2v) is 4.66. The molecule has 0 saturated heterocycles. The number of anilines is 2. The van der Waals surface area contributed by atoms with Gasteiger partial charge in [-0.15, -0.1) is 0 Å². The number of hydrogen-bond donors (Lipinski definition) is 3. The highest BCUT2D eigenvalue weighted by molar-refractivity contribution is 5.93. The van der Waals surface area contributed by atoms with Gasteiger partial charge in [-0.2, -0.15) is 0 Å². The van der Waals surface area contributed by atoms with Gasteiger partial charge in [-0.1, -0.05) is 11.2 Å². The summed E-state index contributed by atoms with van der Waals surface area (Å²) >= 11 is 0. The van der Waals surface area contributed by atoms with E-state index in [4.69, 9.17) is 15.4 Å². The molecule has 0 spiro atoms. The molecule has 0 saturated carbocycles. The molecule has 9 heteroatoms. The zero-order valence-corrected chi connectivity index (χ0v) is 12.1. The van der Waals surface area contributed by atoms with Gasteiger partial charge in [0.1, 0.15) is 5.69 Å². The summed E-state index contributed by atoms with van der Waals surface area (Å²) in [7, 11) is 0. The van der Waals surface area contributed by atoms with Crippen LogP contribution in [-0.2, 0) is 0 Å². The Bertz CT molecular complexity index is 825. The molecule has 0 amide bonds. The fourth-order valence-corrected chi connectivity index (χ4v) is 1.76. The summed E-state index contributed by atoms with van der Waals surface area (Å²) in [6, 6.07) is 4.08. The summed E-state index contributed by atoms with van der Waals surface area (Å²) in [5.74, 6) is 0.497. The lowest BCUT2D eigenvalue weighted by molar-refractivity contribution is 0.318. The van der Waals surface area contributed by atoms with Crippen molar-refractivity contribution in [1.82, 2.24) is 19.9 Å². The van der Waals surface area contributed by atoms with Crippen LogP contribution in [0.1, 0.15) is 11.4 Å². The van der Waals surface area contributed by atoms with Crippen molar-refractivity contribution in [2.45, 2.75) is 6.92 Å². The molecule has 23 heavy (non-hydrogen) atoms. The van der Waals surface area contributed by atoms with E-state index in [0.717, 1.165) is 5.56 Å². The molecule has 116 valence electrons. The van der Waals surface area contributed by atoms with Crippen LogP contribution < -0.4 is 11.1 Å². The monoisotopic (exact) mass is 311 g/mol. The molecule has 3 heterocycles. The highest BCUT2D eigenvalue weighted by Gasteiger charge is 2.09. The van der Waals surface area contributed by atoms with Crippen molar-refractivity contribution in [3.05, 3.63) is 48.3 Å². The van der Waals surface area contributed by atoms with Gasteiger partial charge in [0.25, 0.3) is 6.01 Å². The molecule has 0 aliphatic carbocycles. The van der Waals surface area contributed by atoms with Gasteiger partial charge in [-0.25, -0.2) is 15.0 Å². The first-order chi connectivity index (χ1) is 11.2. The largest absolute Gasteiger partial charge is 0.422 e. The zero-order valence-electron chi connectivity index (χ0n) is 12.1. The highest BCUT2D eigenvalue weighted by atomic mass is 16.4. The summed E-state index contributed by atoms with van der Waals surface area (Å²) in [6.45, 7) is 1.96. The Morgan fingerprint density at radius 1 is 1.13 bits per heavy atom. The van der Waals surface area contributed by atoms with Crippen molar-refractivity contribution in [1.29, 1.82) is 0 Å². The highest BCUT2D eigenvalue weighted by Crippen LogP contribution is 2.22. The van der Waals surface area contributed by atoms with Gasteiger partial charge < -0.3 is 20.7 Å². The number of aromatic nitrogens is 4. The molecule has 0 bridgehead atoms. The minimum absolute atomic E-state index is 0.120. The van der Waals surface area contributed by atoms with Gasteiger partial charge >= 0.3 is 0 Å². The number of hydrogen-bond acceptors (Lipinski definition) is 8. The van der Waals surface area contributed by atoms with E-state index < -0.39 is 0 Å². The number of aryl methyl sites for hydroxylation is 1. The Kier molecular flexibility index (Phi) is 3.83. The van der Waals surface area contributed by atoms with Gasteiger partial charge in [-0.05, 0) is 18.6 Å². The van der Waals surface area contributed by atoms with Crippen LogP contribution in [-0.4, -0.2) is 31.0 Å². The molecule has 0 atom stereocenters. The Labute approximate surface area is 130 Å². The fraction of sp³-hybridized carbons (Fsp3) is 0.0714. The third kappa shape index (κ3) is 3.23. The van der Waals surface area contributed by atoms with Gasteiger partial charge in [0.15, 0.2) is 11.6 Å². The van der Waals surface area contributed by atoms with Gasteiger partial charge in [-0.3, -0.25) is 4.98 Å². The second-order valence-electron chi connectivity index (χ2n) is 4.66. The van der Waals surface area contributed by atoms with Crippen LogP contribution in [0.2, 0.25) is 0 Å². The summed E-state index contributed by atoms with van der Waals surface area (Å²) in [5.41, 5.74) is 7.69. The zero-order chi connectivity index (χ0) is 16.2. The summed E-state index contributed by atoms with van der Waals surface area (Å²) in [4.78, 5) is 16.3. The van der Waals surface area contributed by atoms with E-state index in [1.807, 2.05) is 19.1 Å². The minimum Gasteiger partial charge on any atom is -0.422 e. The van der Waals surface area contributed by atoms with Crippen LogP contribution in [0.4, 0.5) is 11.7 Å². The van der Waals surface area contributed by atoms with Gasteiger partial charge in [0.2, 0.25) is 5.84 Å². The Balaban J connectivity index is 1.75. The maximum atomic E-state index is 8.56. The third-order valence-corrected chi connectivity index (χ3v) is 2.91. The van der Waals surface area contributed by atoms with Crippen molar-refractivity contribution in [3.8, 4) is 11.5 Å². The second kappa shape index (κ2) is 6.10. The van der Waals surface area contributed by atoms with Crippen LogP contribution in [0.3, 0.4) is 0 Å². The molecule has 0 unspecified atom stereocenters. The van der Waals surface area contributed by atoms with E-state index in [9.17, 15) is 0 Å². The average Bonchev–Trinajstić information content (AvgIpc) is 3.04. The van der Waals surface area contributed by atoms with E-state index in [1.54, 1.807) is 12.4 Å². The molecule has 3 aromatic rings. The van der Waals surface area contributed by atoms with Crippen molar-refractivity contribution >= 4 is 17.5 Å². The molecule has 9 nitrogen and oxygen atoms in total. The summed E-state index contributed by atoms with van der Waals surface area (Å²) in [6.07, 6.45) is 6.26. The molecule has 0 radical (unpaired) electrons. The molecular formula is C14H13N7O2. The Morgan fingerprint density at radius 3 is 2.57 bits per heavy atom. The number of oxime groups is 1. The lowest BCUT2D eigenvalue weighted by Crippen LogP contribution is -2.16. The molecular weight excluding hydrogens is 298 g/mol. The molecule has 0 fully saturated rings. The molecule has 0 aromatic carbocycles. The van der Waals surface area contributed by atoms with Gasteiger partial charge in [0.05, 0.1) is 24.3 Å². The van der Waals surface area contributed by atoms with E-state index in [-0.39, 0.29) is 17.7 Å².